The van der Waals surface area contributed by atoms with Crippen LogP contribution in [0.25, 0.3) is 0 Å². The van der Waals surface area contributed by atoms with E-state index in [1.54, 1.807) is 0 Å². The largest absolute Gasteiger partial charge is 0.347 e. The van der Waals surface area contributed by atoms with E-state index < -0.39 is 0 Å². The fraction of sp³-hybridized carbons (Fsp3) is 0.357. The van der Waals surface area contributed by atoms with Gasteiger partial charge in [0.1, 0.15) is 6.54 Å². The molecule has 0 bridgehead atoms. The summed E-state index contributed by atoms with van der Waals surface area (Å²) in [4.78, 5) is 11.0. The van der Waals surface area contributed by atoms with Crippen molar-refractivity contribution >= 4 is 5.91 Å². The lowest BCUT2D eigenvalue weighted by molar-refractivity contribution is -0.902. The zero-order valence-corrected chi connectivity index (χ0v) is 10.6. The highest BCUT2D eigenvalue weighted by Crippen LogP contribution is 2.07. The fourth-order valence-electron chi connectivity index (χ4n) is 1.71. The Kier molecular flexibility index (Phi) is 4.91. The van der Waals surface area contributed by atoms with Gasteiger partial charge in [-0.25, -0.2) is 0 Å². The van der Waals surface area contributed by atoms with Crippen molar-refractivity contribution in [1.29, 1.82) is 0 Å². The molecule has 0 aliphatic heterocycles. The lowest BCUT2D eigenvalue weighted by atomic mass is 10.2. The van der Waals surface area contributed by atoms with Crippen LogP contribution < -0.4 is 5.32 Å². The van der Waals surface area contributed by atoms with E-state index in [9.17, 15) is 4.79 Å². The van der Waals surface area contributed by atoms with Gasteiger partial charge in [-0.2, -0.15) is 0 Å². The van der Waals surface area contributed by atoms with E-state index >= 15 is 0 Å². The first kappa shape index (κ1) is 13.5. The Morgan fingerprint density at radius 2 is 2.00 bits per heavy atom. The van der Waals surface area contributed by atoms with Crippen molar-refractivity contribution in [2.45, 2.75) is 6.54 Å². The van der Waals surface area contributed by atoms with Gasteiger partial charge in [-0.3, -0.25) is 4.79 Å². The van der Waals surface area contributed by atoms with Crippen LogP contribution in [0.15, 0.2) is 43.0 Å². The van der Waals surface area contributed by atoms with E-state index in [-0.39, 0.29) is 5.91 Å². The van der Waals surface area contributed by atoms with E-state index in [0.29, 0.717) is 6.54 Å². The molecule has 0 saturated carbocycles. The number of rotatable bonds is 6. The Morgan fingerprint density at radius 3 is 2.59 bits per heavy atom. The molecule has 0 saturated heterocycles. The Balaban J connectivity index is 2.41. The van der Waals surface area contributed by atoms with Gasteiger partial charge in [0, 0.05) is 5.56 Å². The van der Waals surface area contributed by atoms with Crippen molar-refractivity contribution in [3.63, 3.8) is 0 Å². The average molecular weight is 233 g/mol. The summed E-state index contributed by atoms with van der Waals surface area (Å²) in [5.41, 5.74) is 1.31. The number of hydrogen-bond acceptors (Lipinski definition) is 1. The first-order chi connectivity index (χ1) is 8.03. The molecule has 0 atom stereocenters. The minimum Gasteiger partial charge on any atom is -0.347 e. The van der Waals surface area contributed by atoms with E-state index in [0.717, 1.165) is 17.6 Å². The highest BCUT2D eigenvalue weighted by atomic mass is 16.1. The van der Waals surface area contributed by atoms with Crippen LogP contribution >= 0.6 is 0 Å². The van der Waals surface area contributed by atoms with Gasteiger partial charge in [0.25, 0.3) is 0 Å². The first-order valence-electron chi connectivity index (χ1n) is 5.80. The minimum atomic E-state index is -0.107. The number of carbonyl (C=O) groups is 1. The van der Waals surface area contributed by atoms with Crippen LogP contribution in [0.4, 0.5) is 0 Å². The molecule has 0 fully saturated rings. The summed E-state index contributed by atoms with van der Waals surface area (Å²) in [5, 5.41) is 2.80. The molecule has 17 heavy (non-hydrogen) atoms. The summed E-state index contributed by atoms with van der Waals surface area (Å²) in [6.07, 6.45) is 1.30. The van der Waals surface area contributed by atoms with Crippen LogP contribution in [0, 0.1) is 0 Å². The summed E-state index contributed by atoms with van der Waals surface area (Å²) >= 11 is 0. The molecule has 3 nitrogen and oxygen atoms in total. The van der Waals surface area contributed by atoms with Crippen LogP contribution in [0.5, 0.6) is 0 Å². The van der Waals surface area contributed by atoms with E-state index in [2.05, 4.69) is 50.3 Å². The van der Waals surface area contributed by atoms with E-state index in [1.807, 2.05) is 6.07 Å². The highest BCUT2D eigenvalue weighted by Gasteiger charge is 2.15. The number of benzene rings is 1. The van der Waals surface area contributed by atoms with Crippen molar-refractivity contribution < 1.29 is 9.28 Å². The molecule has 1 N–H and O–H groups in total. The van der Waals surface area contributed by atoms with Gasteiger partial charge in [-0.05, 0) is 6.08 Å². The maximum atomic E-state index is 11.0. The molecule has 0 radical (unpaired) electrons. The second kappa shape index (κ2) is 6.21. The first-order valence-corrected chi connectivity index (χ1v) is 5.80. The predicted octanol–water partition coefficient (Wildman–Crippen LogP) is 1.57. The lowest BCUT2D eigenvalue weighted by Gasteiger charge is -2.29. The highest BCUT2D eigenvalue weighted by molar-refractivity contribution is 5.86. The number of quaternary nitrogens is 1. The van der Waals surface area contributed by atoms with Gasteiger partial charge >= 0.3 is 0 Å². The number of hydrogen-bond donors (Lipinski definition) is 1. The topological polar surface area (TPSA) is 29.1 Å². The Hall–Kier alpha value is -1.61. The van der Waals surface area contributed by atoms with E-state index in [1.165, 1.54) is 11.6 Å². The molecule has 0 aliphatic carbocycles. The van der Waals surface area contributed by atoms with Gasteiger partial charge < -0.3 is 9.80 Å². The molecule has 92 valence electrons. The third-order valence-electron chi connectivity index (χ3n) is 2.66. The number of carbonyl (C=O) groups excluding carboxylic acids is 1. The van der Waals surface area contributed by atoms with Crippen LogP contribution in [0.1, 0.15) is 5.56 Å². The summed E-state index contributed by atoms with van der Waals surface area (Å²) < 4.78 is 0.849. The SMILES string of the molecule is C=CC(=O)NCC[N+](C)(C)Cc1ccccc1. The van der Waals surface area contributed by atoms with Crippen LogP contribution in [0.3, 0.4) is 0 Å². The van der Waals surface area contributed by atoms with Gasteiger partial charge in [-0.1, -0.05) is 36.9 Å². The van der Waals surface area contributed by atoms with Gasteiger partial charge in [0.15, 0.2) is 0 Å². The summed E-state index contributed by atoms with van der Waals surface area (Å²) in [5.74, 6) is -0.107. The number of nitrogens with one attached hydrogen (secondary N) is 1. The summed E-state index contributed by atoms with van der Waals surface area (Å²) in [6.45, 7) is 5.96. The fourth-order valence-corrected chi connectivity index (χ4v) is 1.71. The van der Waals surface area contributed by atoms with Crippen LogP contribution in [-0.2, 0) is 11.3 Å². The minimum absolute atomic E-state index is 0.107. The lowest BCUT2D eigenvalue weighted by Crippen LogP contribution is -2.44. The molecule has 1 aromatic rings. The van der Waals surface area contributed by atoms with Gasteiger partial charge in [-0.15, -0.1) is 0 Å². The Morgan fingerprint density at radius 1 is 1.35 bits per heavy atom. The molecule has 1 amide bonds. The maximum Gasteiger partial charge on any atom is 0.243 e. The standard InChI is InChI=1S/C14H20N2O/c1-4-14(17)15-10-11-16(2,3)12-13-8-6-5-7-9-13/h4-9H,1,10-12H2,2-3H3/p+1. The molecule has 1 aromatic carbocycles. The summed E-state index contributed by atoms with van der Waals surface area (Å²) in [7, 11) is 4.32. The zero-order valence-electron chi connectivity index (χ0n) is 10.6. The second-order valence-electron chi connectivity index (χ2n) is 4.80. The van der Waals surface area contributed by atoms with E-state index in [4.69, 9.17) is 0 Å². The van der Waals surface area contributed by atoms with Crippen molar-refractivity contribution in [3.8, 4) is 0 Å². The zero-order chi connectivity index (χ0) is 12.7. The molecule has 0 spiro atoms. The van der Waals surface area contributed by atoms with Crippen LogP contribution in [-0.4, -0.2) is 37.6 Å². The van der Waals surface area contributed by atoms with Crippen molar-refractivity contribution in [2.75, 3.05) is 27.2 Å². The molecule has 0 unspecified atom stereocenters. The number of nitrogens with zero attached hydrogens (tertiary/aromatic N) is 1. The molecule has 1 rings (SSSR count). The van der Waals surface area contributed by atoms with Crippen molar-refractivity contribution in [2.24, 2.45) is 0 Å². The summed E-state index contributed by atoms with van der Waals surface area (Å²) in [6, 6.07) is 10.4. The third kappa shape index (κ3) is 5.31. The van der Waals surface area contributed by atoms with Crippen molar-refractivity contribution in [1.82, 2.24) is 5.32 Å². The molecule has 0 heterocycles. The molecular weight excluding hydrogens is 212 g/mol. The number of amides is 1. The average Bonchev–Trinajstić information content (AvgIpc) is 2.29. The van der Waals surface area contributed by atoms with Crippen LogP contribution in [0.2, 0.25) is 0 Å². The monoisotopic (exact) mass is 233 g/mol. The molecule has 0 aromatic heterocycles. The van der Waals surface area contributed by atoms with Crippen molar-refractivity contribution in [3.05, 3.63) is 48.6 Å². The van der Waals surface area contributed by atoms with Gasteiger partial charge in [0.2, 0.25) is 5.91 Å². The number of likely N-dealkylation sites (N-methyl/N-ethyl adjacent to an activating group) is 1. The maximum absolute atomic E-state index is 11.0. The van der Waals surface area contributed by atoms with Gasteiger partial charge in [0.05, 0.1) is 27.2 Å². The second-order valence-corrected chi connectivity index (χ2v) is 4.80. The smallest absolute Gasteiger partial charge is 0.243 e. The predicted molar refractivity (Wildman–Crippen MR) is 70.3 cm³/mol. The quantitative estimate of drug-likeness (QED) is 0.586. The third-order valence-corrected chi connectivity index (χ3v) is 2.66. The molecule has 0 aliphatic rings. The molecular formula is C14H21N2O+. The molecule has 3 heteroatoms. The Bertz CT molecular complexity index is 371. The normalized spacial score (nSPS) is 10.9. The Labute approximate surface area is 103 Å².